The second-order valence-electron chi connectivity index (χ2n) is 5.14. The molecule has 2 heterocycles. The molecule has 19 heavy (non-hydrogen) atoms. The van der Waals surface area contributed by atoms with Crippen molar-refractivity contribution in [3.8, 4) is 0 Å². The van der Waals surface area contributed by atoms with Crippen LogP contribution in [0.15, 0.2) is 6.07 Å². The number of hydrogen-bond acceptors (Lipinski definition) is 7. The molecule has 7 heteroatoms. The van der Waals surface area contributed by atoms with E-state index in [1.807, 2.05) is 26.8 Å². The summed E-state index contributed by atoms with van der Waals surface area (Å²) >= 11 is 1.58. The predicted molar refractivity (Wildman–Crippen MR) is 79.3 cm³/mol. The van der Waals surface area contributed by atoms with E-state index in [2.05, 4.69) is 20.7 Å². The number of anilines is 2. The first-order valence-electron chi connectivity index (χ1n) is 6.04. The summed E-state index contributed by atoms with van der Waals surface area (Å²) in [6.07, 6.45) is -0.522. The van der Waals surface area contributed by atoms with Crippen LogP contribution in [0.5, 0.6) is 0 Å². The Hall–Kier alpha value is -1.44. The maximum atomic E-state index is 9.80. The highest BCUT2D eigenvalue weighted by Gasteiger charge is 2.25. The molecule has 5 N–H and O–H groups in total. The van der Waals surface area contributed by atoms with Gasteiger partial charge in [0.05, 0.1) is 17.0 Å². The smallest absolute Gasteiger partial charge is 0.240 e. The summed E-state index contributed by atoms with van der Waals surface area (Å²) in [6.45, 7) is 7.60. The standard InChI is InChI=1S/C12H19N5OS/c1-6-5-8-9(16-12(3,4)7(2)18)14-11(17-13)15-10(8)19-6/h5,7,18H,13H2,1-4H3,(H2,14,15,16,17). The number of nitrogens with two attached hydrogens (primary N) is 1. The van der Waals surface area contributed by atoms with E-state index >= 15 is 0 Å². The molecular weight excluding hydrogens is 262 g/mol. The van der Waals surface area contributed by atoms with E-state index < -0.39 is 11.6 Å². The highest BCUT2D eigenvalue weighted by molar-refractivity contribution is 7.18. The molecule has 0 spiro atoms. The van der Waals surface area contributed by atoms with Crippen molar-refractivity contribution in [2.75, 3.05) is 10.7 Å². The number of nitrogen functional groups attached to an aromatic ring is 1. The fraction of sp³-hybridized carbons (Fsp3) is 0.500. The molecule has 0 aromatic carbocycles. The Morgan fingerprint density at radius 2 is 2.11 bits per heavy atom. The van der Waals surface area contributed by atoms with Gasteiger partial charge in [0.15, 0.2) is 0 Å². The molecule has 0 amide bonds. The van der Waals surface area contributed by atoms with E-state index in [1.54, 1.807) is 18.3 Å². The predicted octanol–water partition coefficient (Wildman–Crippen LogP) is 1.86. The largest absolute Gasteiger partial charge is 0.391 e. The third-order valence-electron chi connectivity index (χ3n) is 3.13. The molecule has 0 aliphatic carbocycles. The van der Waals surface area contributed by atoms with Gasteiger partial charge in [0.1, 0.15) is 10.6 Å². The van der Waals surface area contributed by atoms with Crippen LogP contribution in [0, 0.1) is 6.92 Å². The number of hydrogen-bond donors (Lipinski definition) is 4. The first-order chi connectivity index (χ1) is 8.83. The number of aromatic nitrogens is 2. The minimum Gasteiger partial charge on any atom is -0.391 e. The second-order valence-corrected chi connectivity index (χ2v) is 6.37. The van der Waals surface area contributed by atoms with Crippen molar-refractivity contribution < 1.29 is 5.11 Å². The molecule has 2 aromatic heterocycles. The molecular formula is C12H19N5OS. The lowest BCUT2D eigenvalue weighted by Gasteiger charge is -2.30. The number of aryl methyl sites for hydroxylation is 1. The fourth-order valence-corrected chi connectivity index (χ4v) is 2.49. The van der Waals surface area contributed by atoms with Crippen LogP contribution in [0.25, 0.3) is 10.2 Å². The molecule has 2 aromatic rings. The third kappa shape index (κ3) is 2.78. The van der Waals surface area contributed by atoms with Gasteiger partial charge in [-0.2, -0.15) is 4.98 Å². The molecule has 0 fully saturated rings. The number of nitrogens with zero attached hydrogens (tertiary/aromatic N) is 2. The number of aliphatic hydroxyl groups excluding tert-OH is 1. The van der Waals surface area contributed by atoms with Crippen LogP contribution in [0.2, 0.25) is 0 Å². The number of aliphatic hydroxyl groups is 1. The van der Waals surface area contributed by atoms with Crippen molar-refractivity contribution in [2.45, 2.75) is 39.3 Å². The van der Waals surface area contributed by atoms with Gasteiger partial charge < -0.3 is 10.4 Å². The zero-order chi connectivity index (χ0) is 14.2. The Morgan fingerprint density at radius 3 is 2.68 bits per heavy atom. The van der Waals surface area contributed by atoms with Gasteiger partial charge in [-0.05, 0) is 33.8 Å². The number of fused-ring (bicyclic) bond motifs is 1. The van der Waals surface area contributed by atoms with Gasteiger partial charge in [0.2, 0.25) is 5.95 Å². The first-order valence-corrected chi connectivity index (χ1v) is 6.86. The summed E-state index contributed by atoms with van der Waals surface area (Å²) < 4.78 is 0. The monoisotopic (exact) mass is 281 g/mol. The van der Waals surface area contributed by atoms with Crippen LogP contribution < -0.4 is 16.6 Å². The molecule has 1 atom stereocenters. The van der Waals surface area contributed by atoms with Crippen molar-refractivity contribution >= 4 is 33.3 Å². The maximum absolute atomic E-state index is 9.80. The Morgan fingerprint density at radius 1 is 1.42 bits per heavy atom. The Bertz CT molecular complexity index is 593. The number of nitrogens with one attached hydrogen (secondary N) is 2. The average Bonchev–Trinajstić information content (AvgIpc) is 2.69. The summed E-state index contributed by atoms with van der Waals surface area (Å²) in [7, 11) is 0. The number of hydrazine groups is 1. The molecule has 0 saturated carbocycles. The van der Waals surface area contributed by atoms with Gasteiger partial charge in [-0.15, -0.1) is 11.3 Å². The Kier molecular flexibility index (Phi) is 3.62. The van der Waals surface area contributed by atoms with Crippen molar-refractivity contribution in [2.24, 2.45) is 5.84 Å². The molecule has 2 rings (SSSR count). The zero-order valence-corrected chi connectivity index (χ0v) is 12.3. The van der Waals surface area contributed by atoms with Crippen LogP contribution in [-0.2, 0) is 0 Å². The quantitative estimate of drug-likeness (QED) is 0.504. The molecule has 6 nitrogen and oxygen atoms in total. The highest BCUT2D eigenvalue weighted by Crippen LogP contribution is 2.31. The minimum absolute atomic E-state index is 0.359. The molecule has 0 saturated heterocycles. The van der Waals surface area contributed by atoms with Crippen LogP contribution >= 0.6 is 11.3 Å². The summed E-state index contributed by atoms with van der Waals surface area (Å²) in [5.74, 6) is 6.43. The van der Waals surface area contributed by atoms with Gasteiger partial charge in [0.25, 0.3) is 0 Å². The van der Waals surface area contributed by atoms with Crippen molar-refractivity contribution in [3.63, 3.8) is 0 Å². The summed E-state index contributed by atoms with van der Waals surface area (Å²) in [5.41, 5.74) is 1.97. The number of rotatable bonds is 4. The molecule has 0 aliphatic rings. The zero-order valence-electron chi connectivity index (χ0n) is 11.5. The summed E-state index contributed by atoms with van der Waals surface area (Å²) in [5, 5.41) is 14.0. The molecule has 0 bridgehead atoms. The van der Waals surface area contributed by atoms with Gasteiger partial charge >= 0.3 is 0 Å². The van der Waals surface area contributed by atoms with E-state index in [0.29, 0.717) is 11.8 Å². The van der Waals surface area contributed by atoms with E-state index in [9.17, 15) is 5.11 Å². The SMILES string of the molecule is Cc1cc2c(NC(C)(C)C(C)O)nc(NN)nc2s1. The van der Waals surface area contributed by atoms with Gasteiger partial charge in [0, 0.05) is 4.88 Å². The lowest BCUT2D eigenvalue weighted by molar-refractivity contribution is 0.133. The Labute approximate surface area is 116 Å². The van der Waals surface area contributed by atoms with E-state index in [4.69, 9.17) is 5.84 Å². The minimum atomic E-state index is -0.522. The third-order valence-corrected chi connectivity index (χ3v) is 4.07. The van der Waals surface area contributed by atoms with E-state index in [1.165, 1.54) is 0 Å². The summed E-state index contributed by atoms with van der Waals surface area (Å²) in [6, 6.07) is 2.03. The lowest BCUT2D eigenvalue weighted by Crippen LogP contribution is -2.42. The maximum Gasteiger partial charge on any atom is 0.240 e. The van der Waals surface area contributed by atoms with Crippen LogP contribution in [0.3, 0.4) is 0 Å². The van der Waals surface area contributed by atoms with Crippen molar-refractivity contribution in [3.05, 3.63) is 10.9 Å². The van der Waals surface area contributed by atoms with Crippen LogP contribution in [0.1, 0.15) is 25.6 Å². The van der Waals surface area contributed by atoms with Gasteiger partial charge in [-0.25, -0.2) is 10.8 Å². The van der Waals surface area contributed by atoms with E-state index in [-0.39, 0.29) is 0 Å². The molecule has 1 unspecified atom stereocenters. The number of thiophene rings is 1. The van der Waals surface area contributed by atoms with E-state index in [0.717, 1.165) is 15.1 Å². The van der Waals surface area contributed by atoms with Crippen LogP contribution in [-0.4, -0.2) is 26.7 Å². The first kappa shape index (κ1) is 14.0. The Balaban J connectivity index is 2.51. The fourth-order valence-electron chi connectivity index (χ4n) is 1.61. The lowest BCUT2D eigenvalue weighted by atomic mass is 9.99. The van der Waals surface area contributed by atoms with Crippen molar-refractivity contribution in [1.29, 1.82) is 0 Å². The second kappa shape index (κ2) is 4.92. The molecule has 104 valence electrons. The molecule has 0 aliphatic heterocycles. The normalized spacial score (nSPS) is 13.6. The van der Waals surface area contributed by atoms with Gasteiger partial charge in [-0.1, -0.05) is 0 Å². The highest BCUT2D eigenvalue weighted by atomic mass is 32.1. The summed E-state index contributed by atoms with van der Waals surface area (Å²) in [4.78, 5) is 10.7. The average molecular weight is 281 g/mol. The topological polar surface area (TPSA) is 96.1 Å². The van der Waals surface area contributed by atoms with Gasteiger partial charge in [-0.3, -0.25) is 5.43 Å². The molecule has 0 radical (unpaired) electrons. The van der Waals surface area contributed by atoms with Crippen molar-refractivity contribution in [1.82, 2.24) is 9.97 Å². The van der Waals surface area contributed by atoms with Crippen LogP contribution in [0.4, 0.5) is 11.8 Å².